The molecule has 0 spiro atoms. The first-order valence-electron chi connectivity index (χ1n) is 6.40. The van der Waals surface area contributed by atoms with Gasteiger partial charge in [0, 0.05) is 13.0 Å². The third-order valence-corrected chi connectivity index (χ3v) is 2.96. The first kappa shape index (κ1) is 14.2. The summed E-state index contributed by atoms with van der Waals surface area (Å²) in [6, 6.07) is 13.3. The minimum absolute atomic E-state index is 0.112. The number of hydrogen-bond acceptors (Lipinski definition) is 1. The maximum atomic E-state index is 13.0. The van der Waals surface area contributed by atoms with Gasteiger partial charge in [0.05, 0.1) is 0 Å². The third kappa shape index (κ3) is 4.16. The standard InChI is InChI=1S/C16H15F2NO/c17-14-8-6-13(10-15(14)18)11-19-16(20)9-7-12-4-2-1-3-5-12/h1-6,8,10H,7,9,11H2,(H,19,20). The van der Waals surface area contributed by atoms with Gasteiger partial charge < -0.3 is 5.32 Å². The van der Waals surface area contributed by atoms with Crippen LogP contribution in [0.2, 0.25) is 0 Å². The fraction of sp³-hybridized carbons (Fsp3) is 0.188. The van der Waals surface area contributed by atoms with Crippen LogP contribution in [0.4, 0.5) is 8.78 Å². The molecule has 0 saturated carbocycles. The molecular weight excluding hydrogens is 260 g/mol. The molecule has 0 radical (unpaired) electrons. The average Bonchev–Trinajstić information content (AvgIpc) is 2.47. The summed E-state index contributed by atoms with van der Waals surface area (Å²) in [6.07, 6.45) is 1.03. The van der Waals surface area contributed by atoms with Crippen molar-refractivity contribution in [2.75, 3.05) is 0 Å². The van der Waals surface area contributed by atoms with Crippen LogP contribution < -0.4 is 5.32 Å². The Morgan fingerprint density at radius 3 is 2.40 bits per heavy atom. The van der Waals surface area contributed by atoms with Gasteiger partial charge in [0.15, 0.2) is 11.6 Å². The molecule has 2 aromatic carbocycles. The second-order valence-electron chi connectivity index (χ2n) is 4.51. The Balaban J connectivity index is 1.79. The van der Waals surface area contributed by atoms with Gasteiger partial charge in [0.2, 0.25) is 5.91 Å². The summed E-state index contributed by atoms with van der Waals surface area (Å²) >= 11 is 0. The molecule has 0 aliphatic rings. The van der Waals surface area contributed by atoms with Crippen LogP contribution in [0.25, 0.3) is 0 Å². The van der Waals surface area contributed by atoms with Crippen LogP contribution in [-0.4, -0.2) is 5.91 Å². The molecule has 0 saturated heterocycles. The number of benzene rings is 2. The van der Waals surface area contributed by atoms with Crippen molar-refractivity contribution >= 4 is 5.91 Å². The molecule has 0 aliphatic heterocycles. The van der Waals surface area contributed by atoms with Gasteiger partial charge in [-0.25, -0.2) is 8.78 Å². The van der Waals surface area contributed by atoms with Crippen molar-refractivity contribution in [3.63, 3.8) is 0 Å². The summed E-state index contributed by atoms with van der Waals surface area (Å²) in [7, 11) is 0. The second kappa shape index (κ2) is 6.80. The Hall–Kier alpha value is -2.23. The van der Waals surface area contributed by atoms with Gasteiger partial charge in [-0.05, 0) is 29.7 Å². The molecular formula is C16H15F2NO. The first-order valence-corrected chi connectivity index (χ1v) is 6.40. The number of halogens is 2. The molecule has 2 nitrogen and oxygen atoms in total. The Morgan fingerprint density at radius 2 is 1.70 bits per heavy atom. The van der Waals surface area contributed by atoms with Crippen molar-refractivity contribution in [3.8, 4) is 0 Å². The van der Waals surface area contributed by atoms with Crippen LogP contribution in [0.15, 0.2) is 48.5 Å². The van der Waals surface area contributed by atoms with Crippen LogP contribution in [0.1, 0.15) is 17.5 Å². The number of amides is 1. The number of aryl methyl sites for hydroxylation is 1. The van der Waals surface area contributed by atoms with Gasteiger partial charge in [-0.15, -0.1) is 0 Å². The molecule has 104 valence electrons. The molecule has 2 aromatic rings. The normalized spacial score (nSPS) is 10.3. The first-order chi connectivity index (χ1) is 9.65. The van der Waals surface area contributed by atoms with Crippen molar-refractivity contribution in [1.82, 2.24) is 5.32 Å². The maximum Gasteiger partial charge on any atom is 0.220 e. The van der Waals surface area contributed by atoms with E-state index in [1.54, 1.807) is 0 Å². The lowest BCUT2D eigenvalue weighted by Crippen LogP contribution is -2.23. The molecule has 1 N–H and O–H groups in total. The van der Waals surface area contributed by atoms with E-state index in [0.29, 0.717) is 18.4 Å². The van der Waals surface area contributed by atoms with Gasteiger partial charge in [0.1, 0.15) is 0 Å². The number of nitrogens with one attached hydrogen (secondary N) is 1. The topological polar surface area (TPSA) is 29.1 Å². The zero-order valence-electron chi connectivity index (χ0n) is 10.9. The minimum Gasteiger partial charge on any atom is -0.352 e. The van der Waals surface area contributed by atoms with E-state index in [4.69, 9.17) is 0 Å². The van der Waals surface area contributed by atoms with Gasteiger partial charge in [-0.3, -0.25) is 4.79 Å². The zero-order valence-corrected chi connectivity index (χ0v) is 10.9. The van der Waals surface area contributed by atoms with Crippen molar-refractivity contribution in [3.05, 3.63) is 71.3 Å². The highest BCUT2D eigenvalue weighted by atomic mass is 19.2. The van der Waals surface area contributed by atoms with E-state index in [2.05, 4.69) is 5.32 Å². The van der Waals surface area contributed by atoms with E-state index in [1.165, 1.54) is 6.07 Å². The van der Waals surface area contributed by atoms with E-state index >= 15 is 0 Å². The summed E-state index contributed by atoms with van der Waals surface area (Å²) in [5.74, 6) is -1.90. The van der Waals surface area contributed by atoms with E-state index in [-0.39, 0.29) is 12.5 Å². The van der Waals surface area contributed by atoms with Crippen LogP contribution >= 0.6 is 0 Å². The summed E-state index contributed by atoms with van der Waals surface area (Å²) in [4.78, 5) is 11.7. The van der Waals surface area contributed by atoms with Gasteiger partial charge in [-0.1, -0.05) is 36.4 Å². The summed E-state index contributed by atoms with van der Waals surface area (Å²) in [5.41, 5.74) is 1.63. The molecule has 0 aromatic heterocycles. The van der Waals surface area contributed by atoms with Gasteiger partial charge >= 0.3 is 0 Å². The highest BCUT2D eigenvalue weighted by molar-refractivity contribution is 5.76. The molecule has 0 fully saturated rings. The van der Waals surface area contributed by atoms with Crippen molar-refractivity contribution < 1.29 is 13.6 Å². The summed E-state index contributed by atoms with van der Waals surface area (Å²) in [5, 5.41) is 2.69. The summed E-state index contributed by atoms with van der Waals surface area (Å²) in [6.45, 7) is 0.199. The van der Waals surface area contributed by atoms with E-state index in [1.807, 2.05) is 30.3 Å². The van der Waals surface area contributed by atoms with E-state index < -0.39 is 11.6 Å². The lowest BCUT2D eigenvalue weighted by Gasteiger charge is -2.06. The van der Waals surface area contributed by atoms with E-state index in [9.17, 15) is 13.6 Å². The molecule has 0 aliphatic carbocycles. The quantitative estimate of drug-likeness (QED) is 0.892. The van der Waals surface area contributed by atoms with E-state index in [0.717, 1.165) is 17.7 Å². The van der Waals surface area contributed by atoms with Crippen LogP contribution in [-0.2, 0) is 17.8 Å². The zero-order chi connectivity index (χ0) is 14.4. The molecule has 0 heterocycles. The highest BCUT2D eigenvalue weighted by Crippen LogP contribution is 2.08. The molecule has 0 atom stereocenters. The molecule has 0 unspecified atom stereocenters. The third-order valence-electron chi connectivity index (χ3n) is 2.96. The molecule has 0 bridgehead atoms. The second-order valence-corrected chi connectivity index (χ2v) is 4.51. The molecule has 2 rings (SSSR count). The van der Waals surface area contributed by atoms with Crippen LogP contribution in [0, 0.1) is 11.6 Å². The predicted octanol–water partition coefficient (Wildman–Crippen LogP) is 3.21. The largest absolute Gasteiger partial charge is 0.352 e. The molecule has 4 heteroatoms. The fourth-order valence-electron chi connectivity index (χ4n) is 1.84. The lowest BCUT2D eigenvalue weighted by molar-refractivity contribution is -0.121. The van der Waals surface area contributed by atoms with Gasteiger partial charge in [-0.2, -0.15) is 0 Å². The Bertz CT molecular complexity index is 584. The number of rotatable bonds is 5. The number of hydrogen-bond donors (Lipinski definition) is 1. The number of carbonyl (C=O) groups is 1. The monoisotopic (exact) mass is 275 g/mol. The highest BCUT2D eigenvalue weighted by Gasteiger charge is 2.05. The lowest BCUT2D eigenvalue weighted by atomic mass is 10.1. The minimum atomic E-state index is -0.902. The average molecular weight is 275 g/mol. The van der Waals surface area contributed by atoms with Crippen molar-refractivity contribution in [1.29, 1.82) is 0 Å². The van der Waals surface area contributed by atoms with Crippen molar-refractivity contribution in [2.45, 2.75) is 19.4 Å². The Morgan fingerprint density at radius 1 is 0.950 bits per heavy atom. The van der Waals surface area contributed by atoms with Gasteiger partial charge in [0.25, 0.3) is 0 Å². The van der Waals surface area contributed by atoms with Crippen LogP contribution in [0.5, 0.6) is 0 Å². The Kier molecular flexibility index (Phi) is 4.82. The maximum absolute atomic E-state index is 13.0. The fourth-order valence-corrected chi connectivity index (χ4v) is 1.84. The molecule has 1 amide bonds. The van der Waals surface area contributed by atoms with Crippen LogP contribution in [0.3, 0.4) is 0 Å². The smallest absolute Gasteiger partial charge is 0.220 e. The number of carbonyl (C=O) groups excluding carboxylic acids is 1. The SMILES string of the molecule is O=C(CCc1ccccc1)NCc1ccc(F)c(F)c1. The molecule has 20 heavy (non-hydrogen) atoms. The summed E-state index contributed by atoms with van der Waals surface area (Å²) < 4.78 is 25.7. The Labute approximate surface area is 116 Å². The van der Waals surface area contributed by atoms with Crippen molar-refractivity contribution in [2.24, 2.45) is 0 Å². The predicted molar refractivity (Wildman–Crippen MR) is 73.0 cm³/mol.